The number of hydrogen-bond donors (Lipinski definition) is 1. The van der Waals surface area contributed by atoms with Crippen LogP contribution in [0.2, 0.25) is 0 Å². The summed E-state index contributed by atoms with van der Waals surface area (Å²) in [6, 6.07) is 3.21. The fourth-order valence-corrected chi connectivity index (χ4v) is 2.22. The first-order chi connectivity index (χ1) is 8.16. The van der Waals surface area contributed by atoms with E-state index in [1.807, 2.05) is 0 Å². The molecule has 0 spiro atoms. The highest BCUT2D eigenvalue weighted by atomic mass is 19.1. The van der Waals surface area contributed by atoms with E-state index in [1.54, 1.807) is 6.07 Å². The number of amides is 1. The van der Waals surface area contributed by atoms with Gasteiger partial charge in [0.25, 0.3) is 5.91 Å². The lowest BCUT2D eigenvalue weighted by Crippen LogP contribution is -2.37. The van der Waals surface area contributed by atoms with Crippen molar-refractivity contribution >= 4 is 5.91 Å². The number of carbonyl (C=O) groups excluding carboxylic acids is 1. The predicted octanol–water partition coefficient (Wildman–Crippen LogP) is 2.53. The van der Waals surface area contributed by atoms with Crippen molar-refractivity contribution in [2.75, 3.05) is 0 Å². The third-order valence-electron chi connectivity index (χ3n) is 3.35. The molecule has 1 aliphatic rings. The molecule has 0 unspecified atom stereocenters. The average molecular weight is 236 g/mol. The molecule has 0 radical (unpaired) electrons. The first-order valence-corrected chi connectivity index (χ1v) is 6.08. The topological polar surface area (TPSA) is 42.0 Å². The molecule has 2 rings (SSSR count). The Hall–Kier alpha value is -1.45. The second kappa shape index (κ2) is 5.25. The predicted molar refractivity (Wildman–Crippen MR) is 63.1 cm³/mol. The van der Waals surface area contributed by atoms with Crippen molar-refractivity contribution in [3.8, 4) is 0 Å². The van der Waals surface area contributed by atoms with E-state index in [0.717, 1.165) is 31.6 Å². The van der Waals surface area contributed by atoms with E-state index >= 15 is 0 Å². The molecular formula is C13H17FN2O. The van der Waals surface area contributed by atoms with E-state index in [0.29, 0.717) is 0 Å². The van der Waals surface area contributed by atoms with Crippen LogP contribution in [0.5, 0.6) is 0 Å². The van der Waals surface area contributed by atoms with Crippen LogP contribution in [0.15, 0.2) is 18.3 Å². The van der Waals surface area contributed by atoms with Crippen LogP contribution >= 0.6 is 0 Å². The third kappa shape index (κ3) is 3.02. The van der Waals surface area contributed by atoms with Gasteiger partial charge in [-0.2, -0.15) is 4.39 Å². The van der Waals surface area contributed by atoms with Crippen LogP contribution in [0.4, 0.5) is 4.39 Å². The highest BCUT2D eigenvalue weighted by molar-refractivity contribution is 5.94. The number of rotatable bonds is 2. The fourth-order valence-electron chi connectivity index (χ4n) is 2.22. The smallest absolute Gasteiger partial charge is 0.256 e. The molecule has 92 valence electrons. The molecular weight excluding hydrogens is 219 g/mol. The quantitative estimate of drug-likeness (QED) is 0.802. The Morgan fingerprint density at radius 1 is 1.41 bits per heavy atom. The average Bonchev–Trinajstić information content (AvgIpc) is 2.32. The minimum absolute atomic E-state index is 0.0334. The molecule has 3 nitrogen and oxygen atoms in total. The molecule has 1 aromatic heterocycles. The first-order valence-electron chi connectivity index (χ1n) is 6.08. The molecule has 1 N–H and O–H groups in total. The molecule has 0 atom stereocenters. The van der Waals surface area contributed by atoms with Crippen molar-refractivity contribution < 1.29 is 9.18 Å². The SMILES string of the molecule is CC1CCC(NC(=O)c2cccnc2F)CC1. The highest BCUT2D eigenvalue weighted by Gasteiger charge is 2.21. The number of hydrogen-bond acceptors (Lipinski definition) is 2. The van der Waals surface area contributed by atoms with Crippen LogP contribution in [0.25, 0.3) is 0 Å². The molecule has 0 saturated heterocycles. The molecule has 4 heteroatoms. The van der Waals surface area contributed by atoms with Crippen LogP contribution in [0, 0.1) is 11.9 Å². The summed E-state index contributed by atoms with van der Waals surface area (Å²) in [5.74, 6) is -0.317. The summed E-state index contributed by atoms with van der Waals surface area (Å²) in [7, 11) is 0. The Morgan fingerprint density at radius 3 is 2.76 bits per heavy atom. The lowest BCUT2D eigenvalue weighted by atomic mass is 9.87. The van der Waals surface area contributed by atoms with E-state index < -0.39 is 5.95 Å². The minimum Gasteiger partial charge on any atom is -0.349 e. The Balaban J connectivity index is 1.96. The molecule has 17 heavy (non-hydrogen) atoms. The van der Waals surface area contributed by atoms with Crippen molar-refractivity contribution in [1.29, 1.82) is 0 Å². The van der Waals surface area contributed by atoms with Crippen LogP contribution < -0.4 is 5.32 Å². The van der Waals surface area contributed by atoms with Crippen LogP contribution in [-0.2, 0) is 0 Å². The van der Waals surface area contributed by atoms with Gasteiger partial charge in [-0.3, -0.25) is 4.79 Å². The van der Waals surface area contributed by atoms with Gasteiger partial charge in [0.15, 0.2) is 0 Å². The largest absolute Gasteiger partial charge is 0.349 e. The van der Waals surface area contributed by atoms with Crippen LogP contribution in [0.3, 0.4) is 0 Å². The Bertz CT molecular complexity index is 400. The molecule has 1 aromatic rings. The van der Waals surface area contributed by atoms with Crippen LogP contribution in [0.1, 0.15) is 43.0 Å². The van der Waals surface area contributed by atoms with E-state index in [-0.39, 0.29) is 17.5 Å². The van der Waals surface area contributed by atoms with Gasteiger partial charge in [0.2, 0.25) is 5.95 Å². The molecule has 0 aliphatic heterocycles. The Morgan fingerprint density at radius 2 is 2.12 bits per heavy atom. The summed E-state index contributed by atoms with van der Waals surface area (Å²) < 4.78 is 13.3. The van der Waals surface area contributed by atoms with Crippen molar-refractivity contribution in [3.63, 3.8) is 0 Å². The number of halogens is 1. The number of carbonyl (C=O) groups is 1. The summed E-state index contributed by atoms with van der Waals surface area (Å²) in [5.41, 5.74) is 0.0334. The molecule has 0 bridgehead atoms. The van der Waals surface area contributed by atoms with Gasteiger partial charge in [-0.15, -0.1) is 0 Å². The van der Waals surface area contributed by atoms with E-state index in [4.69, 9.17) is 0 Å². The van der Waals surface area contributed by atoms with E-state index in [1.165, 1.54) is 12.3 Å². The fraction of sp³-hybridized carbons (Fsp3) is 0.538. The molecule has 1 saturated carbocycles. The van der Waals surface area contributed by atoms with Crippen molar-refractivity contribution in [2.45, 2.75) is 38.6 Å². The molecule has 1 fully saturated rings. The van der Waals surface area contributed by atoms with Gasteiger partial charge in [0.05, 0.1) is 5.56 Å². The van der Waals surface area contributed by atoms with Gasteiger partial charge >= 0.3 is 0 Å². The summed E-state index contributed by atoms with van der Waals surface area (Å²) in [4.78, 5) is 15.3. The van der Waals surface area contributed by atoms with Gasteiger partial charge in [-0.1, -0.05) is 6.92 Å². The summed E-state index contributed by atoms with van der Waals surface area (Å²) in [6.07, 6.45) is 5.55. The summed E-state index contributed by atoms with van der Waals surface area (Å²) in [5, 5.41) is 2.88. The van der Waals surface area contributed by atoms with Crippen molar-refractivity contribution in [3.05, 3.63) is 29.8 Å². The maximum Gasteiger partial charge on any atom is 0.256 e. The maximum atomic E-state index is 13.3. The Kier molecular flexibility index (Phi) is 3.71. The zero-order valence-corrected chi connectivity index (χ0v) is 9.95. The second-order valence-corrected chi connectivity index (χ2v) is 4.77. The van der Waals surface area contributed by atoms with Crippen molar-refractivity contribution in [1.82, 2.24) is 10.3 Å². The van der Waals surface area contributed by atoms with E-state index in [2.05, 4.69) is 17.2 Å². The van der Waals surface area contributed by atoms with E-state index in [9.17, 15) is 9.18 Å². The summed E-state index contributed by atoms with van der Waals surface area (Å²) >= 11 is 0. The number of nitrogens with zero attached hydrogens (tertiary/aromatic N) is 1. The summed E-state index contributed by atoms with van der Waals surface area (Å²) in [6.45, 7) is 2.22. The normalized spacial score (nSPS) is 24.4. The second-order valence-electron chi connectivity index (χ2n) is 4.77. The standard InChI is InChI=1S/C13H17FN2O/c1-9-4-6-10(7-5-9)16-13(17)11-3-2-8-15-12(11)14/h2-3,8-10H,4-7H2,1H3,(H,16,17). The zero-order valence-electron chi connectivity index (χ0n) is 9.95. The van der Waals surface area contributed by atoms with Gasteiger partial charge in [0, 0.05) is 12.2 Å². The monoisotopic (exact) mass is 236 g/mol. The lowest BCUT2D eigenvalue weighted by molar-refractivity contribution is 0.0918. The molecule has 1 aliphatic carbocycles. The highest BCUT2D eigenvalue weighted by Crippen LogP contribution is 2.23. The van der Waals surface area contributed by atoms with Gasteiger partial charge in [0.1, 0.15) is 0 Å². The first kappa shape index (κ1) is 12.0. The third-order valence-corrected chi connectivity index (χ3v) is 3.35. The number of nitrogens with one attached hydrogen (secondary N) is 1. The minimum atomic E-state index is -0.700. The van der Waals surface area contributed by atoms with Gasteiger partial charge in [-0.05, 0) is 43.7 Å². The van der Waals surface area contributed by atoms with Gasteiger partial charge < -0.3 is 5.32 Å². The zero-order chi connectivity index (χ0) is 12.3. The molecule has 1 amide bonds. The number of pyridine rings is 1. The Labute approximate surface area is 100 Å². The van der Waals surface area contributed by atoms with Crippen LogP contribution in [-0.4, -0.2) is 16.9 Å². The lowest BCUT2D eigenvalue weighted by Gasteiger charge is -2.26. The molecule has 1 heterocycles. The molecule has 0 aromatic carbocycles. The van der Waals surface area contributed by atoms with Gasteiger partial charge in [-0.25, -0.2) is 4.98 Å². The van der Waals surface area contributed by atoms with Crippen molar-refractivity contribution in [2.24, 2.45) is 5.92 Å². The maximum absolute atomic E-state index is 13.3. The number of aromatic nitrogens is 1.